The van der Waals surface area contributed by atoms with Gasteiger partial charge < -0.3 is 15.1 Å². The fourth-order valence-corrected chi connectivity index (χ4v) is 3.61. The Kier molecular flexibility index (Phi) is 5.72. The summed E-state index contributed by atoms with van der Waals surface area (Å²) in [7, 11) is -4.24. The fraction of sp³-hybridized carbons (Fsp3) is 0.250. The lowest BCUT2D eigenvalue weighted by Crippen LogP contribution is -2.24. The monoisotopic (exact) mass is 352 g/mol. The second-order valence-corrected chi connectivity index (χ2v) is 7.14. The lowest BCUT2D eigenvalue weighted by atomic mass is 10.1. The number of carboxylic acid groups (broad SMARTS) is 2. The van der Waals surface area contributed by atoms with Crippen LogP contribution in [0.2, 0.25) is 0 Å². The van der Waals surface area contributed by atoms with Crippen LogP contribution in [0.4, 0.5) is 0 Å². The standard InChI is InChI=1S/C16H17O7P/c17-15(18)8-7-14(16(19)20)23-24(21,22)10-11-5-6-12-3-1-2-4-13(12)9-11/h1-6,9,14H,7-8,10H2,(H,17,18)(H,19,20)(H,21,22). The van der Waals surface area contributed by atoms with E-state index in [2.05, 4.69) is 0 Å². The zero-order valence-electron chi connectivity index (χ0n) is 12.7. The first kappa shape index (κ1) is 18.1. The Morgan fingerprint density at radius 3 is 2.38 bits per heavy atom. The summed E-state index contributed by atoms with van der Waals surface area (Å²) in [6.45, 7) is 0. The summed E-state index contributed by atoms with van der Waals surface area (Å²) in [4.78, 5) is 31.5. The van der Waals surface area contributed by atoms with Gasteiger partial charge in [0, 0.05) is 6.42 Å². The Labute approximate surface area is 138 Å². The first-order valence-electron chi connectivity index (χ1n) is 7.19. The quantitative estimate of drug-likeness (QED) is 0.625. The Bertz CT molecular complexity index is 802. The smallest absolute Gasteiger partial charge is 0.333 e. The van der Waals surface area contributed by atoms with Crippen molar-refractivity contribution in [3.05, 3.63) is 48.0 Å². The second-order valence-electron chi connectivity index (χ2n) is 5.34. The summed E-state index contributed by atoms with van der Waals surface area (Å²) in [5.74, 6) is -2.67. The zero-order valence-corrected chi connectivity index (χ0v) is 13.6. The lowest BCUT2D eigenvalue weighted by molar-refractivity contribution is -0.146. The van der Waals surface area contributed by atoms with E-state index in [4.69, 9.17) is 14.7 Å². The van der Waals surface area contributed by atoms with Crippen LogP contribution in [-0.2, 0) is 24.8 Å². The maximum atomic E-state index is 12.2. The molecule has 0 aliphatic heterocycles. The molecule has 0 fully saturated rings. The van der Waals surface area contributed by atoms with Crippen LogP contribution in [0.25, 0.3) is 10.8 Å². The highest BCUT2D eigenvalue weighted by atomic mass is 31.2. The number of rotatable bonds is 8. The molecule has 128 valence electrons. The van der Waals surface area contributed by atoms with Crippen molar-refractivity contribution >= 4 is 30.3 Å². The van der Waals surface area contributed by atoms with E-state index in [9.17, 15) is 19.0 Å². The van der Waals surface area contributed by atoms with Gasteiger partial charge in [-0.3, -0.25) is 13.9 Å². The number of hydrogen-bond donors (Lipinski definition) is 3. The molecule has 2 aromatic carbocycles. The summed E-state index contributed by atoms with van der Waals surface area (Å²) >= 11 is 0. The van der Waals surface area contributed by atoms with Gasteiger partial charge in [0.25, 0.3) is 0 Å². The number of aliphatic carboxylic acids is 2. The molecule has 2 rings (SSSR count). The van der Waals surface area contributed by atoms with Crippen molar-refractivity contribution in [1.82, 2.24) is 0 Å². The molecule has 3 N–H and O–H groups in total. The molecule has 0 amide bonds. The molecule has 0 aliphatic rings. The van der Waals surface area contributed by atoms with E-state index in [1.807, 2.05) is 24.3 Å². The van der Waals surface area contributed by atoms with Crippen molar-refractivity contribution in [2.45, 2.75) is 25.1 Å². The summed E-state index contributed by atoms with van der Waals surface area (Å²) in [5, 5.41) is 19.5. The van der Waals surface area contributed by atoms with Gasteiger partial charge in [0.15, 0.2) is 6.10 Å². The Morgan fingerprint density at radius 1 is 1.08 bits per heavy atom. The molecule has 24 heavy (non-hydrogen) atoms. The summed E-state index contributed by atoms with van der Waals surface area (Å²) in [6.07, 6.45) is -2.84. The topological polar surface area (TPSA) is 121 Å². The fourth-order valence-electron chi connectivity index (χ4n) is 2.28. The van der Waals surface area contributed by atoms with Crippen LogP contribution in [0.15, 0.2) is 42.5 Å². The van der Waals surface area contributed by atoms with Gasteiger partial charge in [-0.25, -0.2) is 4.79 Å². The largest absolute Gasteiger partial charge is 0.481 e. The number of benzene rings is 2. The normalized spacial score (nSPS) is 14.9. The van der Waals surface area contributed by atoms with Gasteiger partial charge in [-0.1, -0.05) is 42.5 Å². The van der Waals surface area contributed by atoms with Gasteiger partial charge in [-0.15, -0.1) is 0 Å². The molecule has 8 heteroatoms. The van der Waals surface area contributed by atoms with Crippen molar-refractivity contribution in [1.29, 1.82) is 0 Å². The average molecular weight is 352 g/mol. The van der Waals surface area contributed by atoms with E-state index in [-0.39, 0.29) is 12.6 Å². The van der Waals surface area contributed by atoms with Crippen LogP contribution in [0, 0.1) is 0 Å². The Morgan fingerprint density at radius 2 is 1.75 bits per heavy atom. The van der Waals surface area contributed by atoms with E-state index in [1.165, 1.54) is 0 Å². The van der Waals surface area contributed by atoms with E-state index >= 15 is 0 Å². The molecule has 0 bridgehead atoms. The molecular formula is C16H17O7P. The third-order valence-corrected chi connectivity index (χ3v) is 4.73. The lowest BCUT2D eigenvalue weighted by Gasteiger charge is -2.18. The SMILES string of the molecule is O=C(O)CCC(OP(=O)(O)Cc1ccc2ccccc2c1)C(=O)O. The minimum absolute atomic E-state index is 0.352. The number of fused-ring (bicyclic) bond motifs is 1. The molecule has 0 heterocycles. The zero-order chi connectivity index (χ0) is 17.7. The van der Waals surface area contributed by atoms with Crippen molar-refractivity contribution in [3.8, 4) is 0 Å². The van der Waals surface area contributed by atoms with Gasteiger partial charge >= 0.3 is 19.5 Å². The maximum absolute atomic E-state index is 12.2. The summed E-state index contributed by atoms with van der Waals surface area (Å²) in [6, 6.07) is 12.7. The van der Waals surface area contributed by atoms with Gasteiger partial charge in [0.2, 0.25) is 0 Å². The second kappa shape index (κ2) is 7.57. The van der Waals surface area contributed by atoms with Crippen LogP contribution in [0.1, 0.15) is 18.4 Å². The highest BCUT2D eigenvalue weighted by Crippen LogP contribution is 2.47. The molecule has 0 saturated carbocycles. The molecular weight excluding hydrogens is 335 g/mol. The van der Waals surface area contributed by atoms with E-state index < -0.39 is 32.1 Å². The van der Waals surface area contributed by atoms with Crippen molar-refractivity contribution in [3.63, 3.8) is 0 Å². The van der Waals surface area contributed by atoms with Crippen LogP contribution in [0.3, 0.4) is 0 Å². The maximum Gasteiger partial charge on any atom is 0.333 e. The van der Waals surface area contributed by atoms with Crippen LogP contribution in [-0.4, -0.2) is 33.1 Å². The molecule has 2 unspecified atom stereocenters. The highest BCUT2D eigenvalue weighted by molar-refractivity contribution is 7.52. The first-order chi connectivity index (χ1) is 11.3. The highest BCUT2D eigenvalue weighted by Gasteiger charge is 2.30. The molecule has 0 aliphatic carbocycles. The molecule has 2 atom stereocenters. The van der Waals surface area contributed by atoms with Crippen LogP contribution < -0.4 is 0 Å². The first-order valence-corrected chi connectivity index (χ1v) is 8.95. The van der Waals surface area contributed by atoms with Gasteiger partial charge in [-0.2, -0.15) is 0 Å². The Hall–Kier alpha value is -2.21. The van der Waals surface area contributed by atoms with Crippen molar-refractivity contribution in [2.75, 3.05) is 0 Å². The van der Waals surface area contributed by atoms with Crippen molar-refractivity contribution < 1.29 is 33.8 Å². The molecule has 0 saturated heterocycles. The van der Waals surface area contributed by atoms with E-state index in [1.54, 1.807) is 18.2 Å². The van der Waals surface area contributed by atoms with Gasteiger partial charge in [0.1, 0.15) is 0 Å². The van der Waals surface area contributed by atoms with Crippen molar-refractivity contribution in [2.24, 2.45) is 0 Å². The molecule has 0 radical (unpaired) electrons. The van der Waals surface area contributed by atoms with E-state index in [0.717, 1.165) is 10.8 Å². The molecule has 0 spiro atoms. The predicted molar refractivity (Wildman–Crippen MR) is 86.9 cm³/mol. The molecule has 2 aromatic rings. The van der Waals surface area contributed by atoms with Crippen LogP contribution >= 0.6 is 7.60 Å². The van der Waals surface area contributed by atoms with Gasteiger partial charge in [-0.05, 0) is 22.8 Å². The number of carbonyl (C=O) groups is 2. The third-order valence-electron chi connectivity index (χ3n) is 3.38. The molecule has 0 aromatic heterocycles. The number of carboxylic acids is 2. The third kappa shape index (κ3) is 5.16. The average Bonchev–Trinajstić information content (AvgIpc) is 2.50. The summed E-state index contributed by atoms with van der Waals surface area (Å²) in [5.41, 5.74) is 0.530. The Balaban J connectivity index is 2.11. The number of hydrogen-bond acceptors (Lipinski definition) is 4. The van der Waals surface area contributed by atoms with Gasteiger partial charge in [0.05, 0.1) is 6.16 Å². The minimum Gasteiger partial charge on any atom is -0.481 e. The minimum atomic E-state index is -4.24. The predicted octanol–water partition coefficient (Wildman–Crippen LogP) is 2.86. The molecule has 7 nitrogen and oxygen atoms in total. The van der Waals surface area contributed by atoms with E-state index in [0.29, 0.717) is 5.56 Å². The van der Waals surface area contributed by atoms with Crippen LogP contribution in [0.5, 0.6) is 0 Å². The summed E-state index contributed by atoms with van der Waals surface area (Å²) < 4.78 is 17.0.